The molecule has 0 saturated heterocycles. The van der Waals surface area contributed by atoms with Gasteiger partial charge in [-0.15, -0.1) is 0 Å². The van der Waals surface area contributed by atoms with Crippen molar-refractivity contribution in [2.45, 2.75) is 18.9 Å². The average molecular weight is 261 g/mol. The molecule has 0 spiro atoms. The molecule has 1 N–H and O–H groups in total. The Kier molecular flexibility index (Phi) is 4.16. The normalized spacial score (nSPS) is 12.8. The molecule has 0 aliphatic rings. The summed E-state index contributed by atoms with van der Waals surface area (Å²) in [5, 5.41) is 0. The monoisotopic (exact) mass is 261 g/mol. The molecule has 1 atom stereocenters. The molecule has 0 bridgehead atoms. The van der Waals surface area contributed by atoms with Gasteiger partial charge in [-0.2, -0.15) is 0 Å². The van der Waals surface area contributed by atoms with Crippen LogP contribution >= 0.6 is 0 Å². The summed E-state index contributed by atoms with van der Waals surface area (Å²) in [4.78, 5) is 20.7. The van der Waals surface area contributed by atoms with Crippen LogP contribution in [0.15, 0.2) is 24.5 Å². The van der Waals surface area contributed by atoms with Crippen molar-refractivity contribution in [1.82, 2.24) is 14.9 Å². The van der Waals surface area contributed by atoms with Crippen molar-refractivity contribution in [1.29, 1.82) is 0 Å². The summed E-state index contributed by atoms with van der Waals surface area (Å²) < 4.78 is 4.70. The van der Waals surface area contributed by atoms with Gasteiger partial charge in [-0.25, -0.2) is 4.98 Å². The summed E-state index contributed by atoms with van der Waals surface area (Å²) in [7, 11) is 5.45. The zero-order valence-electron chi connectivity index (χ0n) is 11.5. The van der Waals surface area contributed by atoms with Crippen molar-refractivity contribution in [3.05, 3.63) is 30.1 Å². The molecule has 5 nitrogen and oxygen atoms in total. The van der Waals surface area contributed by atoms with Gasteiger partial charge in [0.1, 0.15) is 0 Å². The molecule has 0 saturated carbocycles. The Hall–Kier alpha value is -1.88. The predicted molar refractivity (Wildman–Crippen MR) is 73.8 cm³/mol. The highest BCUT2D eigenvalue weighted by molar-refractivity contribution is 5.75. The first kappa shape index (κ1) is 13.5. The van der Waals surface area contributed by atoms with E-state index in [-0.39, 0.29) is 12.0 Å². The second-order valence-corrected chi connectivity index (χ2v) is 4.77. The van der Waals surface area contributed by atoms with Gasteiger partial charge in [0, 0.05) is 12.5 Å². The number of nitrogens with one attached hydrogen (secondary N) is 1. The first-order chi connectivity index (χ1) is 9.11. The van der Waals surface area contributed by atoms with Gasteiger partial charge in [-0.3, -0.25) is 4.79 Å². The summed E-state index contributed by atoms with van der Waals surface area (Å²) in [5.41, 5.74) is 3.14. The number of fused-ring (bicyclic) bond motifs is 1. The van der Waals surface area contributed by atoms with Crippen LogP contribution in [0.4, 0.5) is 0 Å². The van der Waals surface area contributed by atoms with Crippen LogP contribution in [0, 0.1) is 0 Å². The van der Waals surface area contributed by atoms with Crippen LogP contribution in [0.25, 0.3) is 11.0 Å². The van der Waals surface area contributed by atoms with E-state index in [1.165, 1.54) is 12.7 Å². The summed E-state index contributed by atoms with van der Waals surface area (Å²) in [6, 6.07) is 6.33. The average Bonchev–Trinajstić information content (AvgIpc) is 2.85. The lowest BCUT2D eigenvalue weighted by Gasteiger charge is -2.24. The Morgan fingerprint density at radius 1 is 1.47 bits per heavy atom. The Morgan fingerprint density at radius 2 is 2.26 bits per heavy atom. The van der Waals surface area contributed by atoms with Crippen molar-refractivity contribution in [3.8, 4) is 0 Å². The summed E-state index contributed by atoms with van der Waals surface area (Å²) in [6.45, 7) is 0. The highest BCUT2D eigenvalue weighted by atomic mass is 16.5. The van der Waals surface area contributed by atoms with Gasteiger partial charge >= 0.3 is 5.97 Å². The minimum atomic E-state index is -0.172. The van der Waals surface area contributed by atoms with Crippen LogP contribution in [-0.2, 0) is 9.53 Å². The van der Waals surface area contributed by atoms with Crippen LogP contribution < -0.4 is 0 Å². The zero-order valence-corrected chi connectivity index (χ0v) is 11.5. The molecule has 0 amide bonds. The largest absolute Gasteiger partial charge is 0.469 e. The number of hydrogen-bond donors (Lipinski definition) is 1. The van der Waals surface area contributed by atoms with Crippen LogP contribution in [0.5, 0.6) is 0 Å². The van der Waals surface area contributed by atoms with Crippen molar-refractivity contribution in [2.24, 2.45) is 0 Å². The van der Waals surface area contributed by atoms with Gasteiger partial charge in [0.05, 0.1) is 24.5 Å². The van der Waals surface area contributed by atoms with Crippen molar-refractivity contribution in [2.75, 3.05) is 21.2 Å². The van der Waals surface area contributed by atoms with Crippen LogP contribution in [-0.4, -0.2) is 42.0 Å². The van der Waals surface area contributed by atoms with Gasteiger partial charge in [-0.1, -0.05) is 6.07 Å². The molecule has 0 aliphatic carbocycles. The fraction of sp³-hybridized carbons (Fsp3) is 0.429. The summed E-state index contributed by atoms with van der Waals surface area (Å²) in [5.74, 6) is -0.172. The lowest BCUT2D eigenvalue weighted by molar-refractivity contribution is -0.141. The Labute approximate surface area is 112 Å². The lowest BCUT2D eigenvalue weighted by atomic mass is 10.0. The number of aromatic nitrogens is 2. The van der Waals surface area contributed by atoms with Gasteiger partial charge in [0.25, 0.3) is 0 Å². The number of esters is 1. The molecule has 1 aromatic heterocycles. The smallest absolute Gasteiger partial charge is 0.305 e. The van der Waals surface area contributed by atoms with Gasteiger partial charge in [0.2, 0.25) is 0 Å². The van der Waals surface area contributed by atoms with E-state index in [1.54, 1.807) is 6.33 Å². The maximum atomic E-state index is 11.3. The summed E-state index contributed by atoms with van der Waals surface area (Å²) >= 11 is 0. The number of methoxy groups -OCH3 is 1. The molecule has 2 rings (SSSR count). The molecular formula is C14H19N3O2. The van der Waals surface area contributed by atoms with E-state index in [1.807, 2.05) is 20.2 Å². The Balaban J connectivity index is 2.19. The number of aromatic amines is 1. The molecule has 1 aromatic carbocycles. The number of imidazole rings is 1. The van der Waals surface area contributed by atoms with Gasteiger partial charge in [-0.05, 0) is 38.2 Å². The maximum Gasteiger partial charge on any atom is 0.305 e. The molecule has 2 aromatic rings. The van der Waals surface area contributed by atoms with Crippen LogP contribution in [0.1, 0.15) is 24.4 Å². The van der Waals surface area contributed by atoms with Crippen molar-refractivity contribution < 1.29 is 9.53 Å². The predicted octanol–water partition coefficient (Wildman–Crippen LogP) is 2.12. The molecule has 0 radical (unpaired) electrons. The van der Waals surface area contributed by atoms with Crippen LogP contribution in [0.2, 0.25) is 0 Å². The molecule has 19 heavy (non-hydrogen) atoms. The van der Waals surface area contributed by atoms with E-state index in [0.29, 0.717) is 6.42 Å². The topological polar surface area (TPSA) is 58.2 Å². The summed E-state index contributed by atoms with van der Waals surface area (Å²) in [6.07, 6.45) is 2.84. The van der Waals surface area contributed by atoms with E-state index in [9.17, 15) is 4.79 Å². The third-order valence-corrected chi connectivity index (χ3v) is 3.30. The number of H-pyrrole nitrogens is 1. The number of carbonyl (C=O) groups excluding carboxylic acids is 1. The number of hydrogen-bond acceptors (Lipinski definition) is 4. The molecular weight excluding hydrogens is 242 g/mol. The molecule has 0 aliphatic heterocycles. The first-order valence-corrected chi connectivity index (χ1v) is 6.28. The highest BCUT2D eigenvalue weighted by Gasteiger charge is 2.16. The number of ether oxygens (including phenoxy) is 1. The quantitative estimate of drug-likeness (QED) is 0.838. The van der Waals surface area contributed by atoms with E-state index in [2.05, 4.69) is 27.0 Å². The van der Waals surface area contributed by atoms with E-state index >= 15 is 0 Å². The standard InChI is InChI=1S/C14H19N3O2/c1-17(2)13(6-7-14(18)19-3)10-4-5-11-12(8-10)16-9-15-11/h4-5,8-9,13H,6-7H2,1-3H3,(H,15,16). The third kappa shape index (κ3) is 3.12. The zero-order chi connectivity index (χ0) is 13.8. The Morgan fingerprint density at radius 3 is 2.95 bits per heavy atom. The molecule has 0 fully saturated rings. The maximum absolute atomic E-state index is 11.3. The molecule has 1 unspecified atom stereocenters. The number of rotatable bonds is 5. The minimum absolute atomic E-state index is 0.172. The van der Waals surface area contributed by atoms with E-state index < -0.39 is 0 Å². The fourth-order valence-corrected chi connectivity index (χ4v) is 2.24. The Bertz CT molecular complexity index is 563. The van der Waals surface area contributed by atoms with Gasteiger partial charge in [0.15, 0.2) is 0 Å². The minimum Gasteiger partial charge on any atom is -0.469 e. The number of benzene rings is 1. The second kappa shape index (κ2) is 5.84. The van der Waals surface area contributed by atoms with Gasteiger partial charge < -0.3 is 14.6 Å². The number of nitrogens with zero attached hydrogens (tertiary/aromatic N) is 2. The SMILES string of the molecule is COC(=O)CCC(c1ccc2nc[nH]c2c1)N(C)C. The molecule has 102 valence electrons. The van der Waals surface area contributed by atoms with E-state index in [4.69, 9.17) is 4.74 Å². The van der Waals surface area contributed by atoms with E-state index in [0.717, 1.165) is 17.5 Å². The van der Waals surface area contributed by atoms with Crippen molar-refractivity contribution in [3.63, 3.8) is 0 Å². The first-order valence-electron chi connectivity index (χ1n) is 6.28. The lowest BCUT2D eigenvalue weighted by Crippen LogP contribution is -2.21. The molecule has 5 heteroatoms. The van der Waals surface area contributed by atoms with Crippen LogP contribution in [0.3, 0.4) is 0 Å². The fourth-order valence-electron chi connectivity index (χ4n) is 2.24. The molecule has 1 heterocycles. The number of carbonyl (C=O) groups is 1. The highest BCUT2D eigenvalue weighted by Crippen LogP contribution is 2.25. The second-order valence-electron chi connectivity index (χ2n) is 4.77. The van der Waals surface area contributed by atoms with Crippen molar-refractivity contribution >= 4 is 17.0 Å². The third-order valence-electron chi connectivity index (χ3n) is 3.30.